The second-order valence-corrected chi connectivity index (χ2v) is 14.6. The highest BCUT2D eigenvalue weighted by atomic mass is 16.4. The van der Waals surface area contributed by atoms with Gasteiger partial charge in [0.05, 0.1) is 0 Å². The summed E-state index contributed by atoms with van der Waals surface area (Å²) in [6, 6.07) is 73.2. The van der Waals surface area contributed by atoms with Crippen molar-refractivity contribution in [2.45, 2.75) is 0 Å². The Morgan fingerprint density at radius 2 is 0.632 bits per heavy atom. The van der Waals surface area contributed by atoms with Crippen molar-refractivity contribution in [2.24, 2.45) is 0 Å². The van der Waals surface area contributed by atoms with E-state index in [0.29, 0.717) is 11.8 Å². The average molecular weight is 728 g/mol. The molecule has 11 rings (SSSR count). The Morgan fingerprint density at radius 3 is 1.00 bits per heavy atom. The summed E-state index contributed by atoms with van der Waals surface area (Å²) in [5.74, 6) is 0.957. The van der Waals surface area contributed by atoms with E-state index in [1.807, 2.05) is 0 Å². The lowest BCUT2D eigenvalue weighted by Crippen LogP contribution is -2.48. The number of para-hydroxylation sites is 2. The molecular weight excluding hydrogens is 694 g/mol. The lowest BCUT2D eigenvalue weighted by Gasteiger charge is -2.19. The molecule has 0 aliphatic carbocycles. The molecule has 0 amide bonds. The van der Waals surface area contributed by atoms with Gasteiger partial charge in [0.25, 0.3) is 0 Å². The second-order valence-electron chi connectivity index (χ2n) is 14.6. The molecule has 0 unspecified atom stereocenters. The molecule has 0 radical (unpaired) electrons. The van der Waals surface area contributed by atoms with Crippen molar-refractivity contribution in [1.29, 1.82) is 0 Å². The van der Waals surface area contributed by atoms with Crippen molar-refractivity contribution >= 4 is 79.2 Å². The van der Waals surface area contributed by atoms with Gasteiger partial charge in [-0.15, -0.1) is 10.2 Å². The van der Waals surface area contributed by atoms with Gasteiger partial charge in [0, 0.05) is 54.7 Å². The predicted octanol–water partition coefficient (Wildman–Crippen LogP) is 8.93. The fourth-order valence-electron chi connectivity index (χ4n) is 8.80. The lowest BCUT2D eigenvalue weighted by atomic mass is 9.50. The maximum absolute atomic E-state index is 6.60. The number of aromatic nitrogens is 4. The third-order valence-corrected chi connectivity index (χ3v) is 11.3. The lowest BCUT2D eigenvalue weighted by molar-refractivity contribution is 0.585. The minimum absolute atomic E-state index is 0.0441. The van der Waals surface area contributed by atoms with E-state index >= 15 is 0 Å². The van der Waals surface area contributed by atoms with Gasteiger partial charge in [0.15, 0.2) is 0 Å². The van der Waals surface area contributed by atoms with Crippen LogP contribution in [0.4, 0.5) is 0 Å². The zero-order valence-corrected chi connectivity index (χ0v) is 31.0. The Balaban J connectivity index is 1.06. The number of nitrogens with zero attached hydrogens (tertiary/aromatic N) is 4. The topological polar surface area (TPSA) is 48.8 Å². The summed E-state index contributed by atoms with van der Waals surface area (Å²) in [5.41, 5.74) is 11.1. The molecule has 0 saturated heterocycles. The zero-order chi connectivity index (χ0) is 37.7. The second kappa shape index (κ2) is 13.7. The predicted molar refractivity (Wildman–Crippen MR) is 238 cm³/mol. The third kappa shape index (κ3) is 5.58. The van der Waals surface area contributed by atoms with Gasteiger partial charge < -0.3 is 13.4 Å². The molecular formula is C50H34B2N4O. The monoisotopic (exact) mass is 728 g/mol. The first-order chi connectivity index (χ1) is 28.3. The summed E-state index contributed by atoms with van der Waals surface area (Å²) < 4.78 is 11.5. The first kappa shape index (κ1) is 33.0. The summed E-state index contributed by atoms with van der Waals surface area (Å²) >= 11 is 0. The van der Waals surface area contributed by atoms with Crippen LogP contribution in [-0.2, 0) is 0 Å². The molecule has 0 bridgehead atoms. The van der Waals surface area contributed by atoms with Gasteiger partial charge in [-0.3, -0.25) is 0 Å². The van der Waals surface area contributed by atoms with Crippen LogP contribution in [0.2, 0.25) is 0 Å². The normalized spacial score (nSPS) is 11.5. The summed E-state index contributed by atoms with van der Waals surface area (Å²) in [6.45, 7) is -0.0882. The van der Waals surface area contributed by atoms with Gasteiger partial charge in [-0.1, -0.05) is 192 Å². The molecule has 57 heavy (non-hydrogen) atoms. The smallest absolute Gasteiger partial charge is 0.328 e. The van der Waals surface area contributed by atoms with Crippen LogP contribution in [-0.4, -0.2) is 32.8 Å². The molecule has 266 valence electrons. The van der Waals surface area contributed by atoms with E-state index < -0.39 is 0 Å². The standard InChI is InChI=1S/C50H34B2N4O/c1-5-17-37(18-6-1)51(38-19-7-2-8-20-38)55-45-27-15-13-25-41(45)43-31-29-35(33-47(43)55)49-53-54-50(57-49)36-30-32-44-42-26-14-16-28-46(42)56(48(44)34-36)52(39-21-9-3-10-22-39)40-23-11-4-12-24-40/h1-34H. The minimum Gasteiger partial charge on any atom is -0.416 e. The highest BCUT2D eigenvalue weighted by molar-refractivity contribution is 6.85. The quantitative estimate of drug-likeness (QED) is 0.147. The van der Waals surface area contributed by atoms with E-state index in [9.17, 15) is 0 Å². The van der Waals surface area contributed by atoms with Crippen molar-refractivity contribution in [3.63, 3.8) is 0 Å². The number of benzene rings is 8. The molecule has 7 heteroatoms. The number of fused-ring (bicyclic) bond motifs is 6. The zero-order valence-electron chi connectivity index (χ0n) is 31.0. The van der Waals surface area contributed by atoms with Gasteiger partial charge in [0.2, 0.25) is 11.8 Å². The van der Waals surface area contributed by atoms with Crippen LogP contribution in [0.15, 0.2) is 211 Å². The van der Waals surface area contributed by atoms with Gasteiger partial charge in [-0.05, 0) is 36.4 Å². The number of hydrogen-bond donors (Lipinski definition) is 0. The van der Waals surface area contributed by atoms with Gasteiger partial charge in [-0.25, -0.2) is 0 Å². The molecule has 0 N–H and O–H groups in total. The van der Waals surface area contributed by atoms with Crippen LogP contribution in [0.5, 0.6) is 0 Å². The maximum atomic E-state index is 6.60. The van der Waals surface area contributed by atoms with Crippen molar-refractivity contribution < 1.29 is 4.42 Å². The van der Waals surface area contributed by atoms with Crippen LogP contribution in [0.1, 0.15) is 0 Å². The molecule has 0 atom stereocenters. The average Bonchev–Trinajstić information content (AvgIpc) is 3.99. The summed E-state index contributed by atoms with van der Waals surface area (Å²) in [7, 11) is 0. The molecule has 11 aromatic rings. The minimum atomic E-state index is -0.0441. The molecule has 0 aliphatic heterocycles. The number of hydrogen-bond acceptors (Lipinski definition) is 3. The SMILES string of the molecule is c1ccc(B(c2ccccc2)n2c3ccccc3c3ccc(-c4nnc(-c5ccc6c7ccccc7n(B(c7ccccc7)c7ccccc7)c6c5)o4)cc32)cc1. The van der Waals surface area contributed by atoms with Crippen molar-refractivity contribution in [2.75, 3.05) is 0 Å². The van der Waals surface area contributed by atoms with Crippen molar-refractivity contribution in [3.05, 3.63) is 206 Å². The van der Waals surface area contributed by atoms with Crippen LogP contribution >= 0.6 is 0 Å². The van der Waals surface area contributed by atoms with Crippen LogP contribution < -0.4 is 21.9 Å². The Labute approximate surface area is 330 Å². The Bertz CT molecular complexity index is 2900. The molecule has 0 aliphatic rings. The van der Waals surface area contributed by atoms with E-state index in [-0.39, 0.29) is 13.7 Å². The first-order valence-electron chi connectivity index (χ1n) is 19.4. The maximum Gasteiger partial charge on any atom is 0.328 e. The summed E-state index contributed by atoms with van der Waals surface area (Å²) in [6.07, 6.45) is 0. The van der Waals surface area contributed by atoms with Gasteiger partial charge in [-0.2, -0.15) is 0 Å². The Morgan fingerprint density at radius 1 is 0.316 bits per heavy atom. The molecule has 0 fully saturated rings. The summed E-state index contributed by atoms with van der Waals surface area (Å²) in [5, 5.41) is 14.1. The van der Waals surface area contributed by atoms with Crippen molar-refractivity contribution in [1.82, 2.24) is 19.2 Å². The Hall–Kier alpha value is -7.37. The van der Waals surface area contributed by atoms with E-state index in [1.54, 1.807) is 0 Å². The van der Waals surface area contributed by atoms with Gasteiger partial charge >= 0.3 is 13.7 Å². The third-order valence-electron chi connectivity index (χ3n) is 11.3. The number of rotatable bonds is 8. The molecule has 0 spiro atoms. The van der Waals surface area contributed by atoms with Crippen LogP contribution in [0.25, 0.3) is 66.5 Å². The Kier molecular flexibility index (Phi) is 7.95. The molecule has 0 saturated carbocycles. The van der Waals surface area contributed by atoms with E-state index in [1.165, 1.54) is 54.4 Å². The largest absolute Gasteiger partial charge is 0.416 e. The first-order valence-corrected chi connectivity index (χ1v) is 19.4. The molecule has 3 heterocycles. The van der Waals surface area contributed by atoms with Crippen LogP contribution in [0.3, 0.4) is 0 Å². The van der Waals surface area contributed by atoms with E-state index in [4.69, 9.17) is 4.42 Å². The molecule has 3 aromatic heterocycles. The highest BCUT2D eigenvalue weighted by Crippen LogP contribution is 2.36. The van der Waals surface area contributed by atoms with E-state index in [2.05, 4.69) is 225 Å². The molecule has 8 aromatic carbocycles. The van der Waals surface area contributed by atoms with E-state index in [0.717, 1.165) is 22.2 Å². The molecule has 5 nitrogen and oxygen atoms in total. The summed E-state index contributed by atoms with van der Waals surface area (Å²) in [4.78, 5) is 0. The van der Waals surface area contributed by atoms with Crippen molar-refractivity contribution in [3.8, 4) is 22.9 Å². The van der Waals surface area contributed by atoms with Gasteiger partial charge in [0.1, 0.15) is 0 Å². The highest BCUT2D eigenvalue weighted by Gasteiger charge is 2.29. The van der Waals surface area contributed by atoms with Crippen LogP contribution in [0, 0.1) is 0 Å². The fraction of sp³-hybridized carbons (Fsp3) is 0. The fourth-order valence-corrected chi connectivity index (χ4v) is 8.80.